The quantitative estimate of drug-likeness (QED) is 0.727. The highest BCUT2D eigenvalue weighted by Gasteiger charge is 2.23. The predicted octanol–water partition coefficient (Wildman–Crippen LogP) is 2.35. The maximum Gasteiger partial charge on any atom is 0.00448 e. The summed E-state index contributed by atoms with van der Waals surface area (Å²) in [5.74, 6) is 0.757. The summed E-state index contributed by atoms with van der Waals surface area (Å²) in [6, 6.07) is 0. The Balaban J connectivity index is 2.18. The lowest BCUT2D eigenvalue weighted by atomic mass is 9.92. The van der Waals surface area contributed by atoms with Gasteiger partial charge in [-0.15, -0.1) is 0 Å². The van der Waals surface area contributed by atoms with Gasteiger partial charge in [0.15, 0.2) is 0 Å². The molecule has 15 heavy (non-hydrogen) atoms. The number of hydrogen-bond donors (Lipinski definition) is 1. The fourth-order valence-corrected chi connectivity index (χ4v) is 2.30. The lowest BCUT2D eigenvalue weighted by Gasteiger charge is -2.30. The van der Waals surface area contributed by atoms with Gasteiger partial charge >= 0.3 is 0 Å². The number of rotatable bonds is 6. The summed E-state index contributed by atoms with van der Waals surface area (Å²) in [7, 11) is 0. The maximum atomic E-state index is 3.57. The smallest absolute Gasteiger partial charge is 0.00448 e. The van der Waals surface area contributed by atoms with Gasteiger partial charge in [-0.3, -0.25) is 0 Å². The molecule has 0 aliphatic carbocycles. The molecule has 1 aliphatic rings. The first-order valence-corrected chi connectivity index (χ1v) is 6.43. The molecule has 0 spiro atoms. The van der Waals surface area contributed by atoms with Crippen LogP contribution in [0, 0.1) is 11.3 Å². The second-order valence-corrected chi connectivity index (χ2v) is 6.17. The molecule has 0 aromatic carbocycles. The zero-order valence-corrected chi connectivity index (χ0v) is 11.0. The van der Waals surface area contributed by atoms with Crippen molar-refractivity contribution in [2.45, 2.75) is 40.5 Å². The van der Waals surface area contributed by atoms with Crippen molar-refractivity contribution in [1.82, 2.24) is 10.2 Å². The van der Waals surface area contributed by atoms with Crippen LogP contribution in [0.3, 0.4) is 0 Å². The minimum Gasteiger partial charge on any atom is -0.316 e. The predicted molar refractivity (Wildman–Crippen MR) is 67.2 cm³/mol. The average Bonchev–Trinajstić information content (AvgIpc) is 2.54. The Morgan fingerprint density at radius 3 is 2.33 bits per heavy atom. The molecule has 1 aliphatic heterocycles. The van der Waals surface area contributed by atoms with Crippen LogP contribution >= 0.6 is 0 Å². The second kappa shape index (κ2) is 5.86. The van der Waals surface area contributed by atoms with Gasteiger partial charge in [-0.25, -0.2) is 0 Å². The number of nitrogens with one attached hydrogen (secondary N) is 1. The zero-order valence-electron chi connectivity index (χ0n) is 11.0. The van der Waals surface area contributed by atoms with E-state index in [4.69, 9.17) is 0 Å². The van der Waals surface area contributed by atoms with Crippen molar-refractivity contribution in [2.24, 2.45) is 11.3 Å². The van der Waals surface area contributed by atoms with Crippen LogP contribution in [0.2, 0.25) is 0 Å². The summed E-state index contributed by atoms with van der Waals surface area (Å²) >= 11 is 0. The molecule has 1 saturated heterocycles. The molecule has 2 nitrogen and oxygen atoms in total. The van der Waals surface area contributed by atoms with Crippen LogP contribution in [-0.4, -0.2) is 37.6 Å². The highest BCUT2D eigenvalue weighted by Crippen LogP contribution is 2.19. The lowest BCUT2D eigenvalue weighted by Crippen LogP contribution is -2.40. The van der Waals surface area contributed by atoms with Crippen LogP contribution in [0.5, 0.6) is 0 Å². The molecule has 1 fully saturated rings. The molecule has 0 atom stereocenters. The van der Waals surface area contributed by atoms with E-state index in [1.807, 2.05) is 0 Å². The minimum atomic E-state index is 0.416. The largest absolute Gasteiger partial charge is 0.316 e. The first-order valence-electron chi connectivity index (χ1n) is 6.43. The van der Waals surface area contributed by atoms with Crippen molar-refractivity contribution >= 4 is 0 Å². The van der Waals surface area contributed by atoms with Gasteiger partial charge in [-0.05, 0) is 43.8 Å². The van der Waals surface area contributed by atoms with Gasteiger partial charge < -0.3 is 10.2 Å². The Bertz CT molecular complexity index is 169. The number of likely N-dealkylation sites (tertiary alicyclic amines) is 1. The van der Waals surface area contributed by atoms with E-state index in [-0.39, 0.29) is 0 Å². The van der Waals surface area contributed by atoms with E-state index in [2.05, 4.69) is 37.9 Å². The molecule has 2 heteroatoms. The monoisotopic (exact) mass is 212 g/mol. The fourth-order valence-electron chi connectivity index (χ4n) is 2.30. The van der Waals surface area contributed by atoms with Crippen LogP contribution in [0.1, 0.15) is 40.5 Å². The standard InChI is InChI=1S/C13H28N2/c1-12(2)9-14-10-13(3,4)11-15-7-5-6-8-15/h12,14H,5-11H2,1-4H3. The molecule has 1 rings (SSSR count). The topological polar surface area (TPSA) is 15.3 Å². The SMILES string of the molecule is CC(C)CNCC(C)(C)CN1CCCC1. The summed E-state index contributed by atoms with van der Waals surface area (Å²) in [5, 5.41) is 3.57. The summed E-state index contributed by atoms with van der Waals surface area (Å²) in [6.07, 6.45) is 2.80. The fraction of sp³-hybridized carbons (Fsp3) is 1.00. The van der Waals surface area contributed by atoms with Gasteiger partial charge in [-0.1, -0.05) is 27.7 Å². The third-order valence-electron chi connectivity index (χ3n) is 3.01. The molecule has 1 heterocycles. The van der Waals surface area contributed by atoms with Gasteiger partial charge in [0.2, 0.25) is 0 Å². The molecular weight excluding hydrogens is 184 g/mol. The van der Waals surface area contributed by atoms with E-state index in [0.29, 0.717) is 5.41 Å². The van der Waals surface area contributed by atoms with Crippen molar-refractivity contribution in [3.05, 3.63) is 0 Å². The van der Waals surface area contributed by atoms with E-state index in [9.17, 15) is 0 Å². The van der Waals surface area contributed by atoms with Crippen molar-refractivity contribution in [2.75, 3.05) is 32.7 Å². The van der Waals surface area contributed by atoms with Crippen molar-refractivity contribution in [3.8, 4) is 0 Å². The van der Waals surface area contributed by atoms with Crippen molar-refractivity contribution in [1.29, 1.82) is 0 Å². The van der Waals surface area contributed by atoms with E-state index >= 15 is 0 Å². The maximum absolute atomic E-state index is 3.57. The van der Waals surface area contributed by atoms with E-state index in [1.54, 1.807) is 0 Å². The molecule has 0 aromatic heterocycles. The van der Waals surface area contributed by atoms with Crippen molar-refractivity contribution < 1.29 is 0 Å². The normalized spacial score (nSPS) is 19.0. The first kappa shape index (κ1) is 13.0. The molecule has 0 aromatic rings. The number of nitrogens with zero attached hydrogens (tertiary/aromatic N) is 1. The van der Waals surface area contributed by atoms with Gasteiger partial charge in [0, 0.05) is 13.1 Å². The van der Waals surface area contributed by atoms with Crippen LogP contribution in [0.4, 0.5) is 0 Å². The summed E-state index contributed by atoms with van der Waals surface area (Å²) in [6.45, 7) is 15.4. The highest BCUT2D eigenvalue weighted by molar-refractivity contribution is 4.78. The molecule has 0 amide bonds. The number of hydrogen-bond acceptors (Lipinski definition) is 2. The Morgan fingerprint density at radius 1 is 1.20 bits per heavy atom. The van der Waals surface area contributed by atoms with Crippen LogP contribution in [-0.2, 0) is 0 Å². The average molecular weight is 212 g/mol. The van der Waals surface area contributed by atoms with Gasteiger partial charge in [0.25, 0.3) is 0 Å². The summed E-state index contributed by atoms with van der Waals surface area (Å²) < 4.78 is 0. The Hall–Kier alpha value is -0.0800. The van der Waals surface area contributed by atoms with Crippen LogP contribution in [0.15, 0.2) is 0 Å². The van der Waals surface area contributed by atoms with E-state index in [1.165, 1.54) is 32.5 Å². The van der Waals surface area contributed by atoms with E-state index in [0.717, 1.165) is 19.0 Å². The van der Waals surface area contributed by atoms with Gasteiger partial charge in [-0.2, -0.15) is 0 Å². The highest BCUT2D eigenvalue weighted by atomic mass is 15.1. The summed E-state index contributed by atoms with van der Waals surface area (Å²) in [4.78, 5) is 2.61. The molecule has 0 radical (unpaired) electrons. The molecule has 1 N–H and O–H groups in total. The van der Waals surface area contributed by atoms with E-state index < -0.39 is 0 Å². The Kier molecular flexibility index (Phi) is 5.07. The van der Waals surface area contributed by atoms with Gasteiger partial charge in [0.1, 0.15) is 0 Å². The van der Waals surface area contributed by atoms with Crippen LogP contribution in [0.25, 0.3) is 0 Å². The zero-order chi connectivity index (χ0) is 11.3. The van der Waals surface area contributed by atoms with Crippen molar-refractivity contribution in [3.63, 3.8) is 0 Å². The molecule has 0 bridgehead atoms. The third-order valence-corrected chi connectivity index (χ3v) is 3.01. The summed E-state index contributed by atoms with van der Waals surface area (Å²) in [5.41, 5.74) is 0.416. The molecular formula is C13H28N2. The van der Waals surface area contributed by atoms with Gasteiger partial charge in [0.05, 0.1) is 0 Å². The first-order chi connectivity index (χ1) is 6.99. The van der Waals surface area contributed by atoms with Crippen LogP contribution < -0.4 is 5.32 Å². The lowest BCUT2D eigenvalue weighted by molar-refractivity contribution is 0.202. The third kappa shape index (κ3) is 5.53. The second-order valence-electron chi connectivity index (χ2n) is 6.17. The Morgan fingerprint density at radius 2 is 1.80 bits per heavy atom. The Labute approximate surface area is 95.4 Å². The molecule has 90 valence electrons. The minimum absolute atomic E-state index is 0.416. The molecule has 0 saturated carbocycles. The molecule has 0 unspecified atom stereocenters.